The molecule has 1 aromatic rings. The molecule has 0 aliphatic heterocycles. The first-order valence-corrected chi connectivity index (χ1v) is 7.88. The Morgan fingerprint density at radius 1 is 1.14 bits per heavy atom. The molecule has 2 N–H and O–H groups in total. The van der Waals surface area contributed by atoms with Crippen LogP contribution in [0.3, 0.4) is 0 Å². The molecule has 0 unspecified atom stereocenters. The number of nitrogens with one attached hydrogen (secondary N) is 2. The van der Waals surface area contributed by atoms with Crippen molar-refractivity contribution in [3.05, 3.63) is 29.8 Å². The van der Waals surface area contributed by atoms with Crippen molar-refractivity contribution in [1.29, 1.82) is 0 Å². The number of carbonyl (C=O) groups excluding carboxylic acids is 1. The maximum atomic E-state index is 11.5. The lowest BCUT2D eigenvalue weighted by Gasteiger charge is -2.14. The fraction of sp³-hybridized carbons (Fsp3) is 0.588. The number of urea groups is 1. The molecule has 0 aliphatic carbocycles. The van der Waals surface area contributed by atoms with Gasteiger partial charge in [0.2, 0.25) is 0 Å². The highest BCUT2D eigenvalue weighted by molar-refractivity contribution is 5.73. The first kappa shape index (κ1) is 17.3. The number of ether oxygens (including phenoxy) is 1. The van der Waals surface area contributed by atoms with Crippen LogP contribution in [0.1, 0.15) is 51.5 Å². The molecule has 0 radical (unpaired) electrons. The van der Waals surface area contributed by atoms with Gasteiger partial charge in [0.05, 0.1) is 6.54 Å². The lowest BCUT2D eigenvalue weighted by atomic mass is 10.0. The molecule has 0 spiro atoms. The van der Waals surface area contributed by atoms with E-state index in [1.807, 2.05) is 18.2 Å². The number of rotatable bonds is 9. The van der Waals surface area contributed by atoms with E-state index < -0.39 is 0 Å². The summed E-state index contributed by atoms with van der Waals surface area (Å²) in [5.41, 5.74) is 1.20. The van der Waals surface area contributed by atoms with Crippen LogP contribution in [0.15, 0.2) is 24.3 Å². The summed E-state index contributed by atoms with van der Waals surface area (Å²) in [6, 6.07) is 7.92. The lowest BCUT2D eigenvalue weighted by molar-refractivity contribution is 0.236. The average molecular weight is 292 g/mol. The van der Waals surface area contributed by atoms with Crippen molar-refractivity contribution in [1.82, 2.24) is 10.6 Å². The quantitative estimate of drug-likeness (QED) is 0.682. The molecule has 0 aromatic heterocycles. The van der Waals surface area contributed by atoms with Crippen molar-refractivity contribution in [2.45, 2.75) is 46.0 Å². The summed E-state index contributed by atoms with van der Waals surface area (Å²) in [6.07, 6.45) is 3.34. The van der Waals surface area contributed by atoms with Crippen LogP contribution in [0.25, 0.3) is 0 Å². The predicted octanol–water partition coefficient (Wildman–Crippen LogP) is 3.68. The van der Waals surface area contributed by atoms with E-state index in [1.165, 1.54) is 5.56 Å². The Kier molecular flexibility index (Phi) is 8.32. The van der Waals surface area contributed by atoms with E-state index in [2.05, 4.69) is 37.5 Å². The van der Waals surface area contributed by atoms with E-state index in [0.29, 0.717) is 19.1 Å². The zero-order valence-corrected chi connectivity index (χ0v) is 13.4. The Labute approximate surface area is 128 Å². The third kappa shape index (κ3) is 7.02. The second kappa shape index (κ2) is 10.1. The fourth-order valence-electron chi connectivity index (χ4n) is 2.05. The molecule has 0 atom stereocenters. The van der Waals surface area contributed by atoms with E-state index in [1.54, 1.807) is 0 Å². The second-order valence-electron chi connectivity index (χ2n) is 5.43. The van der Waals surface area contributed by atoms with Crippen molar-refractivity contribution < 1.29 is 9.53 Å². The highest BCUT2D eigenvalue weighted by Crippen LogP contribution is 2.25. The van der Waals surface area contributed by atoms with Gasteiger partial charge in [-0.2, -0.15) is 0 Å². The summed E-state index contributed by atoms with van der Waals surface area (Å²) < 4.78 is 5.75. The van der Waals surface area contributed by atoms with Crippen molar-refractivity contribution in [2.75, 3.05) is 19.7 Å². The van der Waals surface area contributed by atoms with Crippen LogP contribution in [0.5, 0.6) is 5.75 Å². The highest BCUT2D eigenvalue weighted by atomic mass is 16.5. The minimum absolute atomic E-state index is 0.119. The van der Waals surface area contributed by atoms with E-state index >= 15 is 0 Å². The molecule has 1 rings (SSSR count). The molecule has 4 nitrogen and oxygen atoms in total. The Bertz CT molecular complexity index is 419. The Morgan fingerprint density at radius 2 is 1.86 bits per heavy atom. The van der Waals surface area contributed by atoms with Crippen LogP contribution < -0.4 is 15.4 Å². The molecule has 2 amide bonds. The van der Waals surface area contributed by atoms with Crippen LogP contribution in [0.2, 0.25) is 0 Å². The summed E-state index contributed by atoms with van der Waals surface area (Å²) in [5.74, 6) is 1.33. The topological polar surface area (TPSA) is 50.4 Å². The molecular weight excluding hydrogens is 264 g/mol. The van der Waals surface area contributed by atoms with Gasteiger partial charge in [-0.1, -0.05) is 51.8 Å². The Balaban J connectivity index is 2.21. The Hall–Kier alpha value is -1.71. The van der Waals surface area contributed by atoms with Crippen LogP contribution in [0, 0.1) is 0 Å². The number of carbonyl (C=O) groups is 1. The van der Waals surface area contributed by atoms with Crippen LogP contribution >= 0.6 is 0 Å². The van der Waals surface area contributed by atoms with Crippen molar-refractivity contribution >= 4 is 6.03 Å². The van der Waals surface area contributed by atoms with Crippen molar-refractivity contribution in [3.8, 4) is 5.75 Å². The summed E-state index contributed by atoms with van der Waals surface area (Å²) in [7, 11) is 0. The molecular formula is C17H28N2O2. The fourth-order valence-corrected chi connectivity index (χ4v) is 2.05. The maximum Gasteiger partial charge on any atom is 0.314 e. The molecule has 0 bridgehead atoms. The number of hydrogen-bond acceptors (Lipinski definition) is 2. The average Bonchev–Trinajstić information content (AvgIpc) is 2.48. The van der Waals surface area contributed by atoms with Gasteiger partial charge in [-0.3, -0.25) is 0 Å². The third-order valence-corrected chi connectivity index (χ3v) is 3.25. The van der Waals surface area contributed by atoms with Crippen molar-refractivity contribution in [3.63, 3.8) is 0 Å². The van der Waals surface area contributed by atoms with Gasteiger partial charge >= 0.3 is 6.03 Å². The second-order valence-corrected chi connectivity index (χ2v) is 5.43. The standard InChI is InChI=1S/C17H28N2O2/c1-4-5-8-11-18-17(20)19-12-13-21-16-10-7-6-9-15(16)14(2)3/h6-7,9-10,14H,4-5,8,11-13H2,1-3H3,(H2,18,19,20). The van der Waals surface area contributed by atoms with Crippen LogP contribution in [0.4, 0.5) is 4.79 Å². The molecule has 118 valence electrons. The highest BCUT2D eigenvalue weighted by Gasteiger charge is 2.06. The number of hydrogen-bond donors (Lipinski definition) is 2. The molecule has 4 heteroatoms. The van der Waals surface area contributed by atoms with Crippen molar-refractivity contribution in [2.24, 2.45) is 0 Å². The predicted molar refractivity (Wildman–Crippen MR) is 87.0 cm³/mol. The van der Waals surface area contributed by atoms with E-state index in [9.17, 15) is 4.79 Å². The minimum Gasteiger partial charge on any atom is -0.491 e. The smallest absolute Gasteiger partial charge is 0.314 e. The molecule has 0 fully saturated rings. The van der Waals surface area contributed by atoms with Gasteiger partial charge < -0.3 is 15.4 Å². The maximum absolute atomic E-state index is 11.5. The largest absolute Gasteiger partial charge is 0.491 e. The first-order valence-electron chi connectivity index (χ1n) is 7.88. The Morgan fingerprint density at radius 3 is 2.57 bits per heavy atom. The molecule has 0 saturated carbocycles. The molecule has 0 saturated heterocycles. The summed E-state index contributed by atoms with van der Waals surface area (Å²) in [4.78, 5) is 11.5. The van der Waals surface area contributed by atoms with Crippen LogP contribution in [-0.4, -0.2) is 25.7 Å². The molecule has 1 aromatic carbocycles. The summed E-state index contributed by atoms with van der Waals surface area (Å²) in [5, 5.41) is 5.64. The van der Waals surface area contributed by atoms with Gasteiger partial charge in [-0.25, -0.2) is 4.79 Å². The van der Waals surface area contributed by atoms with Gasteiger partial charge in [0.25, 0.3) is 0 Å². The van der Waals surface area contributed by atoms with E-state index in [-0.39, 0.29) is 6.03 Å². The third-order valence-electron chi connectivity index (χ3n) is 3.25. The number of amides is 2. The summed E-state index contributed by atoms with van der Waals surface area (Å²) in [6.45, 7) is 8.15. The van der Waals surface area contributed by atoms with E-state index in [4.69, 9.17) is 4.74 Å². The van der Waals surface area contributed by atoms with Gasteiger partial charge in [0.15, 0.2) is 0 Å². The molecule has 21 heavy (non-hydrogen) atoms. The number of para-hydroxylation sites is 1. The van der Waals surface area contributed by atoms with Gasteiger partial charge in [-0.05, 0) is 24.0 Å². The van der Waals surface area contributed by atoms with Gasteiger partial charge in [-0.15, -0.1) is 0 Å². The zero-order valence-electron chi connectivity index (χ0n) is 13.4. The zero-order chi connectivity index (χ0) is 15.5. The van der Waals surface area contributed by atoms with Gasteiger partial charge in [0.1, 0.15) is 12.4 Å². The molecule has 0 aliphatic rings. The van der Waals surface area contributed by atoms with Crippen LogP contribution in [-0.2, 0) is 0 Å². The monoisotopic (exact) mass is 292 g/mol. The number of unbranched alkanes of at least 4 members (excludes halogenated alkanes) is 2. The normalized spacial score (nSPS) is 10.5. The summed E-state index contributed by atoms with van der Waals surface area (Å²) >= 11 is 0. The van der Waals surface area contributed by atoms with E-state index in [0.717, 1.165) is 31.6 Å². The molecule has 0 heterocycles. The SMILES string of the molecule is CCCCCNC(=O)NCCOc1ccccc1C(C)C. The first-order chi connectivity index (χ1) is 10.1. The van der Waals surface area contributed by atoms with Gasteiger partial charge in [0, 0.05) is 6.54 Å². The number of benzene rings is 1. The minimum atomic E-state index is -0.119. The lowest BCUT2D eigenvalue weighted by Crippen LogP contribution is -2.38.